The molecule has 4 N–H and O–H groups in total. The Bertz CT molecular complexity index is 1460. The fourth-order valence-electron chi connectivity index (χ4n) is 5.58. The normalized spacial score (nSPS) is 13.4. The number of para-hydroxylation sites is 1. The summed E-state index contributed by atoms with van der Waals surface area (Å²) >= 11 is 0. The summed E-state index contributed by atoms with van der Waals surface area (Å²) in [6.07, 6.45) is 2.90. The highest BCUT2D eigenvalue weighted by molar-refractivity contribution is 5.97. The minimum absolute atomic E-state index is 0.0546. The molecule has 1 heterocycles. The third-order valence-corrected chi connectivity index (χ3v) is 8.01. The van der Waals surface area contributed by atoms with Gasteiger partial charge in [-0.05, 0) is 72.7 Å². The van der Waals surface area contributed by atoms with E-state index in [-0.39, 0.29) is 24.0 Å². The smallest absolute Gasteiger partial charge is 0.248 e. The lowest BCUT2D eigenvalue weighted by Gasteiger charge is -2.37. The summed E-state index contributed by atoms with van der Waals surface area (Å²) in [6.45, 7) is 4.59. The molecule has 0 aliphatic carbocycles. The summed E-state index contributed by atoms with van der Waals surface area (Å²) in [7, 11) is 1.79. The van der Waals surface area contributed by atoms with Crippen molar-refractivity contribution in [3.63, 3.8) is 0 Å². The van der Waals surface area contributed by atoms with Crippen molar-refractivity contribution in [1.82, 2.24) is 15.2 Å². The molecule has 2 atom stereocenters. The molecule has 1 aromatic heterocycles. The number of likely N-dealkylation sites (N-methyl/N-ethyl adjacent to an activating group) is 1. The molecule has 42 heavy (non-hydrogen) atoms. The number of phenolic OH excluding ortho intramolecular Hbond substituents is 1. The second-order valence-corrected chi connectivity index (χ2v) is 11.2. The number of fused-ring (bicyclic) bond motifs is 1. The summed E-state index contributed by atoms with van der Waals surface area (Å²) in [4.78, 5) is 33.5. The number of aliphatic hydroxyl groups is 1. The highest BCUT2D eigenvalue weighted by Gasteiger charge is 2.42. The van der Waals surface area contributed by atoms with Crippen molar-refractivity contribution in [3.8, 4) is 17.0 Å². The first-order valence-electron chi connectivity index (χ1n) is 14.9. The molecule has 7 nitrogen and oxygen atoms in total. The van der Waals surface area contributed by atoms with E-state index in [1.54, 1.807) is 24.1 Å². The van der Waals surface area contributed by atoms with E-state index in [0.717, 1.165) is 46.1 Å². The number of aliphatic hydroxyl groups excluding tert-OH is 1. The molecule has 4 rings (SSSR count). The van der Waals surface area contributed by atoms with Crippen LogP contribution >= 0.6 is 0 Å². The van der Waals surface area contributed by atoms with Crippen molar-refractivity contribution in [2.75, 3.05) is 13.6 Å². The molecule has 0 bridgehead atoms. The Hall–Kier alpha value is -4.10. The first-order chi connectivity index (χ1) is 20.3. The molecule has 0 saturated carbocycles. The highest BCUT2D eigenvalue weighted by atomic mass is 16.3. The summed E-state index contributed by atoms with van der Waals surface area (Å²) < 4.78 is 0. The van der Waals surface area contributed by atoms with E-state index in [4.69, 9.17) is 0 Å². The van der Waals surface area contributed by atoms with Crippen LogP contribution < -0.4 is 5.32 Å². The first kappa shape index (κ1) is 30.8. The second kappa shape index (κ2) is 14.2. The first-order valence-corrected chi connectivity index (χ1v) is 14.9. The Balaban J connectivity index is 1.73. The van der Waals surface area contributed by atoms with Crippen molar-refractivity contribution in [3.05, 3.63) is 90.0 Å². The largest absolute Gasteiger partial charge is 0.508 e. The molecule has 0 fully saturated rings. The molecule has 0 spiro atoms. The van der Waals surface area contributed by atoms with E-state index in [9.17, 15) is 19.8 Å². The average molecular weight is 570 g/mol. The number of aromatic hydroxyl groups is 1. The number of phenols is 1. The van der Waals surface area contributed by atoms with E-state index >= 15 is 0 Å². The van der Waals surface area contributed by atoms with Gasteiger partial charge >= 0.3 is 0 Å². The van der Waals surface area contributed by atoms with Crippen LogP contribution in [0, 0.1) is 0 Å². The van der Waals surface area contributed by atoms with Gasteiger partial charge in [-0.2, -0.15) is 0 Å². The molecule has 222 valence electrons. The highest BCUT2D eigenvalue weighted by Crippen LogP contribution is 2.32. The van der Waals surface area contributed by atoms with Gasteiger partial charge in [-0.15, -0.1) is 0 Å². The van der Waals surface area contributed by atoms with Gasteiger partial charge < -0.3 is 25.4 Å². The number of aromatic amines is 1. The molecule has 0 aliphatic heterocycles. The zero-order chi connectivity index (χ0) is 30.1. The predicted molar refractivity (Wildman–Crippen MR) is 168 cm³/mol. The van der Waals surface area contributed by atoms with Gasteiger partial charge in [0, 0.05) is 30.9 Å². The molecule has 2 unspecified atom stereocenters. The van der Waals surface area contributed by atoms with Crippen LogP contribution in [0.3, 0.4) is 0 Å². The SMILES string of the molecule is CCCCN(C)C(=O)C(CCC(O)CC)(Cc1ccccc1)NC(=O)Cc1c(-c2ccc(O)cc2)[nH]c2ccccc12. The summed E-state index contributed by atoms with van der Waals surface area (Å²) in [5, 5.41) is 24.5. The maximum atomic E-state index is 14.2. The monoisotopic (exact) mass is 569 g/mol. The van der Waals surface area contributed by atoms with E-state index < -0.39 is 11.6 Å². The van der Waals surface area contributed by atoms with Crippen LogP contribution in [0.5, 0.6) is 5.75 Å². The van der Waals surface area contributed by atoms with Crippen molar-refractivity contribution < 1.29 is 19.8 Å². The summed E-state index contributed by atoms with van der Waals surface area (Å²) in [5.74, 6) is -0.243. The molecule has 0 aliphatic rings. The van der Waals surface area contributed by atoms with E-state index in [0.29, 0.717) is 32.2 Å². The fourth-order valence-corrected chi connectivity index (χ4v) is 5.58. The quantitative estimate of drug-likeness (QED) is 0.150. The number of hydrogen-bond acceptors (Lipinski definition) is 4. The number of aromatic nitrogens is 1. The number of carbonyl (C=O) groups excluding carboxylic acids is 2. The van der Waals surface area contributed by atoms with Gasteiger partial charge in [0.2, 0.25) is 11.8 Å². The second-order valence-electron chi connectivity index (χ2n) is 11.2. The molecule has 7 heteroatoms. The van der Waals surface area contributed by atoms with Gasteiger partial charge in [-0.1, -0.05) is 68.8 Å². The third kappa shape index (κ3) is 7.39. The number of H-pyrrole nitrogens is 1. The van der Waals surface area contributed by atoms with Crippen LogP contribution in [0.25, 0.3) is 22.2 Å². The van der Waals surface area contributed by atoms with E-state index in [2.05, 4.69) is 17.2 Å². The summed E-state index contributed by atoms with van der Waals surface area (Å²) in [6, 6.07) is 24.5. The van der Waals surface area contributed by atoms with Gasteiger partial charge in [0.25, 0.3) is 0 Å². The molecular formula is C35H43N3O4. The summed E-state index contributed by atoms with van der Waals surface area (Å²) in [5.41, 5.74) is 3.10. The zero-order valence-electron chi connectivity index (χ0n) is 24.9. The Morgan fingerprint density at radius 3 is 2.36 bits per heavy atom. The van der Waals surface area contributed by atoms with Crippen molar-refractivity contribution in [2.45, 2.75) is 70.4 Å². The lowest BCUT2D eigenvalue weighted by atomic mass is 9.83. The van der Waals surface area contributed by atoms with Gasteiger partial charge in [0.1, 0.15) is 11.3 Å². The maximum Gasteiger partial charge on any atom is 0.248 e. The van der Waals surface area contributed by atoms with Crippen LogP contribution in [0.1, 0.15) is 57.1 Å². The lowest BCUT2D eigenvalue weighted by Crippen LogP contribution is -2.61. The van der Waals surface area contributed by atoms with E-state index in [1.165, 1.54) is 0 Å². The van der Waals surface area contributed by atoms with E-state index in [1.807, 2.05) is 73.7 Å². The number of rotatable bonds is 14. The number of nitrogens with one attached hydrogen (secondary N) is 2. The lowest BCUT2D eigenvalue weighted by molar-refractivity contribution is -0.141. The topological polar surface area (TPSA) is 106 Å². The predicted octanol–water partition coefficient (Wildman–Crippen LogP) is 5.99. The molecule has 0 radical (unpaired) electrons. The Kier molecular flexibility index (Phi) is 10.4. The van der Waals surface area contributed by atoms with Gasteiger partial charge in [0.05, 0.1) is 18.2 Å². The molecule has 0 saturated heterocycles. The van der Waals surface area contributed by atoms with Crippen LogP contribution in [-0.2, 0) is 22.4 Å². The minimum Gasteiger partial charge on any atom is -0.508 e. The maximum absolute atomic E-state index is 14.2. The third-order valence-electron chi connectivity index (χ3n) is 8.01. The Labute approximate surface area is 248 Å². The van der Waals surface area contributed by atoms with Gasteiger partial charge in [0.15, 0.2) is 0 Å². The van der Waals surface area contributed by atoms with Crippen LogP contribution in [0.15, 0.2) is 78.9 Å². The number of hydrogen-bond donors (Lipinski definition) is 4. The Morgan fingerprint density at radius 2 is 1.67 bits per heavy atom. The van der Waals surface area contributed by atoms with Crippen LogP contribution in [0.4, 0.5) is 0 Å². The number of nitrogens with zero attached hydrogens (tertiary/aromatic N) is 1. The average Bonchev–Trinajstić information content (AvgIpc) is 3.36. The molecular weight excluding hydrogens is 526 g/mol. The van der Waals surface area contributed by atoms with Crippen molar-refractivity contribution in [1.29, 1.82) is 0 Å². The molecule has 3 aromatic carbocycles. The van der Waals surface area contributed by atoms with Gasteiger partial charge in [-0.25, -0.2) is 0 Å². The molecule has 2 amide bonds. The standard InChI is InChI=1S/C35H43N3O4/c1-4-6-22-38(3)34(42)35(21-20-27(39)5-2,24-25-12-8-7-9-13-25)37-32(41)23-30-29-14-10-11-15-31(29)36-33(30)26-16-18-28(40)19-17-26/h7-19,27,36,39-40H,4-6,20-24H2,1-3H3,(H,37,41). The number of benzene rings is 3. The fraction of sp³-hybridized carbons (Fsp3) is 0.371. The Morgan fingerprint density at radius 1 is 0.976 bits per heavy atom. The molecule has 4 aromatic rings. The minimum atomic E-state index is -1.22. The number of amides is 2. The van der Waals surface area contributed by atoms with Crippen LogP contribution in [-0.4, -0.2) is 57.1 Å². The zero-order valence-corrected chi connectivity index (χ0v) is 24.9. The number of unbranched alkanes of at least 4 members (excludes halogenated alkanes) is 1. The van der Waals surface area contributed by atoms with Gasteiger partial charge in [-0.3, -0.25) is 9.59 Å². The van der Waals surface area contributed by atoms with Crippen molar-refractivity contribution >= 4 is 22.7 Å². The number of carbonyl (C=O) groups is 2. The van der Waals surface area contributed by atoms with Crippen molar-refractivity contribution in [2.24, 2.45) is 0 Å². The van der Waals surface area contributed by atoms with Crippen LogP contribution in [0.2, 0.25) is 0 Å².